The molecule has 4 rings (SSSR count). The van der Waals surface area contributed by atoms with E-state index in [4.69, 9.17) is 4.74 Å². The lowest BCUT2D eigenvalue weighted by atomic mass is 10.2. The fraction of sp³-hybridized carbons (Fsp3) is 0.167. The molecular formula is C24H21FN2O5S. The number of nitrogens with one attached hydrogen (secondary N) is 1. The molecule has 1 atom stereocenters. The van der Waals surface area contributed by atoms with Crippen LogP contribution >= 0.6 is 0 Å². The van der Waals surface area contributed by atoms with Crippen LogP contribution in [0, 0.1) is 5.82 Å². The largest absolute Gasteiger partial charge is 0.449 e. The molecule has 0 aliphatic carbocycles. The van der Waals surface area contributed by atoms with Gasteiger partial charge in [-0.1, -0.05) is 24.3 Å². The van der Waals surface area contributed by atoms with E-state index in [1.54, 1.807) is 4.90 Å². The Morgan fingerprint density at radius 1 is 1.03 bits per heavy atom. The monoisotopic (exact) mass is 468 g/mol. The molecule has 9 heteroatoms. The average Bonchev–Trinajstić information content (AvgIpc) is 3.24. The van der Waals surface area contributed by atoms with Crippen LogP contribution in [-0.2, 0) is 26.0 Å². The fourth-order valence-electron chi connectivity index (χ4n) is 3.59. The number of sulfonamides is 1. The minimum absolute atomic E-state index is 0.0153. The summed E-state index contributed by atoms with van der Waals surface area (Å²) >= 11 is 0. The summed E-state index contributed by atoms with van der Waals surface area (Å²) in [6.07, 6.45) is -0.329. The summed E-state index contributed by atoms with van der Waals surface area (Å²) in [6.45, 7) is 1.99. The normalized spacial score (nSPS) is 13.8. The van der Waals surface area contributed by atoms with Crippen LogP contribution in [0.3, 0.4) is 0 Å². The van der Waals surface area contributed by atoms with E-state index in [1.165, 1.54) is 37.3 Å². The summed E-state index contributed by atoms with van der Waals surface area (Å²) in [7, 11) is -4.03. The number of rotatable bonds is 6. The predicted octanol–water partition coefficient (Wildman–Crippen LogP) is 3.76. The maximum absolute atomic E-state index is 13.1. The van der Waals surface area contributed by atoms with Crippen LogP contribution < -0.4 is 9.62 Å². The summed E-state index contributed by atoms with van der Waals surface area (Å²) in [5.41, 5.74) is 2.01. The lowest BCUT2D eigenvalue weighted by molar-refractivity contribution is -0.126. The lowest BCUT2D eigenvalue weighted by Gasteiger charge is -2.21. The van der Waals surface area contributed by atoms with Crippen molar-refractivity contribution in [1.82, 2.24) is 0 Å². The van der Waals surface area contributed by atoms with E-state index in [2.05, 4.69) is 4.72 Å². The second-order valence-electron chi connectivity index (χ2n) is 7.56. The Morgan fingerprint density at radius 3 is 2.52 bits per heavy atom. The van der Waals surface area contributed by atoms with Crippen molar-refractivity contribution in [1.29, 1.82) is 0 Å². The van der Waals surface area contributed by atoms with Gasteiger partial charge in [0.2, 0.25) is 0 Å². The van der Waals surface area contributed by atoms with E-state index in [-0.39, 0.29) is 22.1 Å². The number of carbonyl (C=O) groups excluding carboxylic acids is 2. The molecule has 0 saturated carbocycles. The third-order valence-electron chi connectivity index (χ3n) is 5.26. The molecule has 0 aromatic heterocycles. The van der Waals surface area contributed by atoms with Gasteiger partial charge < -0.3 is 9.64 Å². The Bertz CT molecular complexity index is 1310. The number of anilines is 2. The number of esters is 1. The van der Waals surface area contributed by atoms with E-state index in [0.29, 0.717) is 6.54 Å². The third kappa shape index (κ3) is 4.88. The Morgan fingerprint density at radius 2 is 1.76 bits per heavy atom. The summed E-state index contributed by atoms with van der Waals surface area (Å²) < 4.78 is 46.1. The van der Waals surface area contributed by atoms with Crippen molar-refractivity contribution in [2.45, 2.75) is 24.3 Å². The van der Waals surface area contributed by atoms with Crippen molar-refractivity contribution in [3.63, 3.8) is 0 Å². The summed E-state index contributed by atoms with van der Waals surface area (Å²) in [5.74, 6) is -1.67. The molecule has 33 heavy (non-hydrogen) atoms. The Balaban J connectivity index is 1.46. The highest BCUT2D eigenvalue weighted by atomic mass is 32.2. The van der Waals surface area contributed by atoms with Crippen LogP contribution in [0.25, 0.3) is 0 Å². The number of hydrogen-bond acceptors (Lipinski definition) is 5. The van der Waals surface area contributed by atoms with E-state index < -0.39 is 27.9 Å². The van der Waals surface area contributed by atoms with Gasteiger partial charge >= 0.3 is 5.97 Å². The molecular weight excluding hydrogens is 447 g/mol. The molecule has 7 nitrogen and oxygen atoms in total. The van der Waals surface area contributed by atoms with Gasteiger partial charge in [-0.3, -0.25) is 9.52 Å². The van der Waals surface area contributed by atoms with Crippen LogP contribution in [0.5, 0.6) is 0 Å². The second kappa shape index (κ2) is 9.03. The average molecular weight is 469 g/mol. The van der Waals surface area contributed by atoms with Crippen LogP contribution in [0.1, 0.15) is 22.8 Å². The van der Waals surface area contributed by atoms with Gasteiger partial charge in [0.15, 0.2) is 6.10 Å². The number of ether oxygens (including phenoxy) is 1. The fourth-order valence-corrected chi connectivity index (χ4v) is 4.69. The van der Waals surface area contributed by atoms with E-state index in [0.717, 1.165) is 35.9 Å². The molecule has 1 aliphatic rings. The SMILES string of the molecule is C[C@H](OC(=O)c1cccc(S(=O)(=O)Nc2ccc(F)cc2)c1)C(=O)N1CCc2ccccc21. The first-order chi connectivity index (χ1) is 15.7. The maximum atomic E-state index is 13.1. The minimum atomic E-state index is -4.03. The molecule has 0 fully saturated rings. The van der Waals surface area contributed by atoms with E-state index >= 15 is 0 Å². The quantitative estimate of drug-likeness (QED) is 0.556. The topological polar surface area (TPSA) is 92.8 Å². The van der Waals surface area contributed by atoms with Crippen molar-refractivity contribution < 1.29 is 27.1 Å². The molecule has 0 spiro atoms. The maximum Gasteiger partial charge on any atom is 0.338 e. The van der Waals surface area contributed by atoms with Crippen LogP contribution in [0.15, 0.2) is 77.7 Å². The van der Waals surface area contributed by atoms with Gasteiger partial charge in [0, 0.05) is 17.9 Å². The molecule has 1 aliphatic heterocycles. The van der Waals surface area contributed by atoms with Crippen LogP contribution in [-0.4, -0.2) is 32.9 Å². The van der Waals surface area contributed by atoms with Crippen LogP contribution in [0.2, 0.25) is 0 Å². The number of para-hydroxylation sites is 1. The minimum Gasteiger partial charge on any atom is -0.449 e. The van der Waals surface area contributed by atoms with E-state index in [9.17, 15) is 22.4 Å². The molecule has 1 amide bonds. The highest BCUT2D eigenvalue weighted by Crippen LogP contribution is 2.28. The highest BCUT2D eigenvalue weighted by molar-refractivity contribution is 7.92. The number of nitrogens with zero attached hydrogens (tertiary/aromatic N) is 1. The van der Waals surface area contributed by atoms with Crippen molar-refractivity contribution in [3.05, 3.63) is 89.7 Å². The van der Waals surface area contributed by atoms with Gasteiger partial charge in [0.25, 0.3) is 15.9 Å². The molecule has 1 N–H and O–H groups in total. The molecule has 3 aromatic rings. The molecule has 3 aromatic carbocycles. The molecule has 170 valence electrons. The van der Waals surface area contributed by atoms with Crippen molar-refractivity contribution in [2.75, 3.05) is 16.2 Å². The Kier molecular flexibility index (Phi) is 6.15. The zero-order valence-corrected chi connectivity index (χ0v) is 18.5. The zero-order valence-electron chi connectivity index (χ0n) is 17.7. The summed E-state index contributed by atoms with van der Waals surface area (Å²) in [4.78, 5) is 26.9. The molecule has 0 unspecified atom stereocenters. The first-order valence-corrected chi connectivity index (χ1v) is 11.7. The Labute approximate surface area is 190 Å². The van der Waals surface area contributed by atoms with E-state index in [1.807, 2.05) is 24.3 Å². The van der Waals surface area contributed by atoms with Gasteiger partial charge in [-0.25, -0.2) is 17.6 Å². The number of carbonyl (C=O) groups is 2. The summed E-state index contributed by atoms with van der Waals surface area (Å²) in [5, 5.41) is 0. The van der Waals surface area contributed by atoms with Crippen molar-refractivity contribution >= 4 is 33.3 Å². The molecule has 0 radical (unpaired) electrons. The lowest BCUT2D eigenvalue weighted by Crippen LogP contribution is -2.39. The Hall–Kier alpha value is -3.72. The van der Waals surface area contributed by atoms with Gasteiger partial charge in [-0.05, 0) is 67.4 Å². The number of hydrogen-bond donors (Lipinski definition) is 1. The van der Waals surface area contributed by atoms with Gasteiger partial charge in [-0.15, -0.1) is 0 Å². The van der Waals surface area contributed by atoms with Crippen LogP contribution in [0.4, 0.5) is 15.8 Å². The molecule has 0 saturated heterocycles. The van der Waals surface area contributed by atoms with Gasteiger partial charge in [-0.2, -0.15) is 0 Å². The van der Waals surface area contributed by atoms with Gasteiger partial charge in [0.1, 0.15) is 5.82 Å². The number of halogens is 1. The zero-order chi connectivity index (χ0) is 23.6. The number of benzene rings is 3. The highest BCUT2D eigenvalue weighted by Gasteiger charge is 2.30. The number of amides is 1. The standard InChI is InChI=1S/C24H21FN2O5S/c1-16(23(28)27-14-13-17-5-2-3-8-22(17)27)32-24(29)18-6-4-7-21(15-18)33(30,31)26-20-11-9-19(25)10-12-20/h2-12,15-16,26H,13-14H2,1H3/t16-/m0/s1. The van der Waals surface area contributed by atoms with Crippen molar-refractivity contribution in [2.24, 2.45) is 0 Å². The smallest absolute Gasteiger partial charge is 0.338 e. The van der Waals surface area contributed by atoms with Crippen molar-refractivity contribution in [3.8, 4) is 0 Å². The van der Waals surface area contributed by atoms with Gasteiger partial charge in [0.05, 0.1) is 10.5 Å². The number of fused-ring (bicyclic) bond motifs is 1. The summed E-state index contributed by atoms with van der Waals surface area (Å²) in [6, 6.07) is 17.7. The predicted molar refractivity (Wildman–Crippen MR) is 121 cm³/mol. The second-order valence-corrected chi connectivity index (χ2v) is 9.24. The molecule has 0 bridgehead atoms. The first-order valence-electron chi connectivity index (χ1n) is 10.2. The third-order valence-corrected chi connectivity index (χ3v) is 6.64. The molecule has 1 heterocycles. The first kappa shape index (κ1) is 22.5.